The number of carbonyl (C=O) groups is 1. The second-order valence-corrected chi connectivity index (χ2v) is 6.62. The largest absolute Gasteiger partial charge is 0.373 e. The molecule has 2 saturated heterocycles. The molecule has 6 heteroatoms. The summed E-state index contributed by atoms with van der Waals surface area (Å²) in [6.45, 7) is 3.72. The van der Waals surface area contributed by atoms with E-state index in [2.05, 4.69) is 16.1 Å². The van der Waals surface area contributed by atoms with E-state index < -0.39 is 0 Å². The van der Waals surface area contributed by atoms with Gasteiger partial charge in [-0.3, -0.25) is 4.90 Å². The first-order valence-electron chi connectivity index (χ1n) is 8.72. The maximum Gasteiger partial charge on any atom is 0.318 e. The number of rotatable bonds is 5. The van der Waals surface area contributed by atoms with Gasteiger partial charge in [-0.25, -0.2) is 9.18 Å². The van der Waals surface area contributed by atoms with Crippen molar-refractivity contribution in [2.45, 2.75) is 31.5 Å². The van der Waals surface area contributed by atoms with Gasteiger partial charge in [-0.15, -0.1) is 6.42 Å². The average Bonchev–Trinajstić information content (AvgIpc) is 3.09. The number of fused-ring (bicyclic) bond motifs is 1. The van der Waals surface area contributed by atoms with Crippen LogP contribution in [0.2, 0.25) is 0 Å². The van der Waals surface area contributed by atoms with Crippen molar-refractivity contribution in [3.63, 3.8) is 0 Å². The number of nitrogens with zero attached hydrogens (tertiary/aromatic N) is 2. The summed E-state index contributed by atoms with van der Waals surface area (Å²) in [7, 11) is 0. The summed E-state index contributed by atoms with van der Waals surface area (Å²) < 4.78 is 18.9. The third-order valence-corrected chi connectivity index (χ3v) is 4.80. The van der Waals surface area contributed by atoms with Crippen molar-refractivity contribution in [2.75, 3.05) is 32.8 Å². The van der Waals surface area contributed by atoms with E-state index in [9.17, 15) is 9.18 Å². The molecule has 2 fully saturated rings. The first-order valence-corrected chi connectivity index (χ1v) is 8.72. The molecule has 2 heterocycles. The number of nitrogens with one attached hydrogen (secondary N) is 1. The highest BCUT2D eigenvalue weighted by molar-refractivity contribution is 5.74. The second kappa shape index (κ2) is 8.32. The number of ether oxygens (including phenoxy) is 1. The quantitative estimate of drug-likeness (QED) is 0.828. The van der Waals surface area contributed by atoms with Crippen LogP contribution in [0.4, 0.5) is 9.18 Å². The predicted molar refractivity (Wildman–Crippen MR) is 93.4 cm³/mol. The number of halogens is 1. The molecule has 0 saturated carbocycles. The van der Waals surface area contributed by atoms with Gasteiger partial charge < -0.3 is 15.0 Å². The van der Waals surface area contributed by atoms with Crippen molar-refractivity contribution in [3.8, 4) is 12.3 Å². The van der Waals surface area contributed by atoms with Crippen LogP contribution in [-0.2, 0) is 11.3 Å². The Balaban J connectivity index is 1.50. The highest BCUT2D eigenvalue weighted by Crippen LogP contribution is 2.22. The lowest BCUT2D eigenvalue weighted by molar-refractivity contribution is -0.0461. The maximum absolute atomic E-state index is 13.0. The summed E-state index contributed by atoms with van der Waals surface area (Å²) >= 11 is 0. The van der Waals surface area contributed by atoms with Gasteiger partial charge in [0.05, 0.1) is 19.3 Å². The first kappa shape index (κ1) is 17.7. The molecule has 0 aliphatic carbocycles. The van der Waals surface area contributed by atoms with Gasteiger partial charge in [0.15, 0.2) is 0 Å². The Bertz CT molecular complexity index is 629. The average molecular weight is 345 g/mol. The predicted octanol–water partition coefficient (Wildman–Crippen LogP) is 1.83. The number of benzene rings is 1. The Morgan fingerprint density at radius 2 is 2.24 bits per heavy atom. The standard InChI is InChI=1S/C19H24FN3O2/c1-2-9-23(12-15-5-7-16(20)8-6-15)19(24)21-11-18-13-22-10-3-4-17(22)14-25-18/h1,5-8,17-18H,3-4,9-14H2,(H,21,24)/t17-,18-/m1/s1. The van der Waals surface area contributed by atoms with Crippen LogP contribution in [0.3, 0.4) is 0 Å². The van der Waals surface area contributed by atoms with Crippen LogP contribution in [0.5, 0.6) is 0 Å². The number of amides is 2. The maximum atomic E-state index is 13.0. The van der Waals surface area contributed by atoms with E-state index in [-0.39, 0.29) is 24.5 Å². The normalized spacial score (nSPS) is 22.9. The summed E-state index contributed by atoms with van der Waals surface area (Å²) in [6, 6.07) is 6.39. The fourth-order valence-corrected chi connectivity index (χ4v) is 3.44. The molecular formula is C19H24FN3O2. The van der Waals surface area contributed by atoms with Crippen LogP contribution in [-0.4, -0.2) is 60.8 Å². The molecule has 2 aliphatic heterocycles. The molecule has 0 bridgehead atoms. The fraction of sp³-hybridized carbons (Fsp3) is 0.526. The van der Waals surface area contributed by atoms with Crippen molar-refractivity contribution in [1.82, 2.24) is 15.1 Å². The zero-order chi connectivity index (χ0) is 17.6. The molecule has 0 spiro atoms. The lowest BCUT2D eigenvalue weighted by atomic mass is 10.2. The molecule has 2 aliphatic rings. The van der Waals surface area contributed by atoms with E-state index in [1.165, 1.54) is 29.9 Å². The third-order valence-electron chi connectivity index (χ3n) is 4.80. The SMILES string of the molecule is C#CCN(Cc1ccc(F)cc1)C(=O)NC[C@@H]1CN2CCC[C@@H]2CO1. The number of terminal acetylenes is 1. The van der Waals surface area contributed by atoms with E-state index in [1.807, 2.05) is 0 Å². The van der Waals surface area contributed by atoms with E-state index in [4.69, 9.17) is 11.2 Å². The summed E-state index contributed by atoms with van der Waals surface area (Å²) in [5.74, 6) is 2.20. The number of urea groups is 1. The molecule has 2 amide bonds. The van der Waals surface area contributed by atoms with Gasteiger partial charge in [0.2, 0.25) is 0 Å². The molecule has 5 nitrogen and oxygen atoms in total. The molecule has 134 valence electrons. The minimum atomic E-state index is -0.300. The molecule has 3 rings (SSSR count). The number of hydrogen-bond donors (Lipinski definition) is 1. The van der Waals surface area contributed by atoms with Crippen LogP contribution in [0, 0.1) is 18.2 Å². The zero-order valence-corrected chi connectivity index (χ0v) is 14.3. The van der Waals surface area contributed by atoms with Gasteiger partial charge in [0.25, 0.3) is 0 Å². The Labute approximate surface area is 148 Å². The Hall–Kier alpha value is -2.10. The summed E-state index contributed by atoms with van der Waals surface area (Å²) in [6.07, 6.45) is 7.81. The van der Waals surface area contributed by atoms with Crippen molar-refractivity contribution in [3.05, 3.63) is 35.6 Å². The van der Waals surface area contributed by atoms with Crippen molar-refractivity contribution in [1.29, 1.82) is 0 Å². The van der Waals surface area contributed by atoms with E-state index in [1.54, 1.807) is 12.1 Å². The van der Waals surface area contributed by atoms with Gasteiger partial charge in [-0.2, -0.15) is 0 Å². The molecule has 25 heavy (non-hydrogen) atoms. The summed E-state index contributed by atoms with van der Waals surface area (Å²) in [4.78, 5) is 16.4. The lowest BCUT2D eigenvalue weighted by Crippen LogP contribution is -2.51. The van der Waals surface area contributed by atoms with Crippen LogP contribution in [0.1, 0.15) is 18.4 Å². The highest BCUT2D eigenvalue weighted by atomic mass is 19.1. The van der Waals surface area contributed by atoms with Crippen LogP contribution < -0.4 is 5.32 Å². The molecular weight excluding hydrogens is 321 g/mol. The Kier molecular flexibility index (Phi) is 5.90. The second-order valence-electron chi connectivity index (χ2n) is 6.62. The molecule has 0 unspecified atom stereocenters. The van der Waals surface area contributed by atoms with Gasteiger partial charge in [-0.05, 0) is 37.1 Å². The number of carbonyl (C=O) groups excluding carboxylic acids is 1. The van der Waals surface area contributed by atoms with Gasteiger partial charge in [0, 0.05) is 25.7 Å². The van der Waals surface area contributed by atoms with Crippen molar-refractivity contribution < 1.29 is 13.9 Å². The van der Waals surface area contributed by atoms with Crippen LogP contribution >= 0.6 is 0 Å². The smallest absolute Gasteiger partial charge is 0.318 e. The number of hydrogen-bond acceptors (Lipinski definition) is 3. The molecule has 1 aromatic rings. The number of morpholine rings is 1. The molecule has 1 aromatic carbocycles. The third kappa shape index (κ3) is 4.71. The van der Waals surface area contributed by atoms with E-state index >= 15 is 0 Å². The van der Waals surface area contributed by atoms with Crippen LogP contribution in [0.25, 0.3) is 0 Å². The van der Waals surface area contributed by atoms with E-state index in [0.717, 1.165) is 25.3 Å². The topological polar surface area (TPSA) is 44.8 Å². The zero-order valence-electron chi connectivity index (χ0n) is 14.3. The summed E-state index contributed by atoms with van der Waals surface area (Å²) in [5, 5.41) is 2.91. The first-order chi connectivity index (χ1) is 12.2. The van der Waals surface area contributed by atoms with Crippen molar-refractivity contribution >= 4 is 6.03 Å². The van der Waals surface area contributed by atoms with Gasteiger partial charge in [-0.1, -0.05) is 18.1 Å². The van der Waals surface area contributed by atoms with Crippen molar-refractivity contribution in [2.24, 2.45) is 0 Å². The summed E-state index contributed by atoms with van der Waals surface area (Å²) in [5.41, 5.74) is 0.834. The van der Waals surface area contributed by atoms with E-state index in [0.29, 0.717) is 19.1 Å². The van der Waals surface area contributed by atoms with Gasteiger partial charge in [0.1, 0.15) is 5.82 Å². The Morgan fingerprint density at radius 1 is 1.44 bits per heavy atom. The molecule has 2 atom stereocenters. The molecule has 1 N–H and O–H groups in total. The highest BCUT2D eigenvalue weighted by Gasteiger charge is 2.32. The Morgan fingerprint density at radius 3 is 3.00 bits per heavy atom. The molecule has 0 aromatic heterocycles. The monoisotopic (exact) mass is 345 g/mol. The molecule has 0 radical (unpaired) electrons. The minimum absolute atomic E-state index is 0.0109. The lowest BCUT2D eigenvalue weighted by Gasteiger charge is -2.35. The fourth-order valence-electron chi connectivity index (χ4n) is 3.44. The van der Waals surface area contributed by atoms with Gasteiger partial charge >= 0.3 is 6.03 Å². The minimum Gasteiger partial charge on any atom is -0.373 e. The van der Waals surface area contributed by atoms with Crippen LogP contribution in [0.15, 0.2) is 24.3 Å².